The Labute approximate surface area is 180 Å². The summed E-state index contributed by atoms with van der Waals surface area (Å²) in [6.45, 7) is 3.71. The van der Waals surface area contributed by atoms with Gasteiger partial charge in [-0.05, 0) is 6.07 Å². The van der Waals surface area contributed by atoms with E-state index in [1.165, 1.54) is 0 Å². The first-order chi connectivity index (χ1) is 15.0. The molecule has 3 aromatic rings. The van der Waals surface area contributed by atoms with Gasteiger partial charge in [0.2, 0.25) is 0 Å². The highest BCUT2D eigenvalue weighted by atomic mass is 15.5. The van der Waals surface area contributed by atoms with Gasteiger partial charge in [0.15, 0.2) is 0 Å². The van der Waals surface area contributed by atoms with Crippen molar-refractivity contribution in [1.29, 1.82) is 10.5 Å². The summed E-state index contributed by atoms with van der Waals surface area (Å²) < 4.78 is 3.56. The SMILES string of the molecule is CC(/C=N\N(C)C1(CC#N)CN(CC#N)C1)c1nc(-c2cnn(C)c2)cn2nccc12. The summed E-state index contributed by atoms with van der Waals surface area (Å²) in [6.07, 6.45) is 9.56. The van der Waals surface area contributed by atoms with Crippen molar-refractivity contribution >= 4 is 11.7 Å². The van der Waals surface area contributed by atoms with E-state index < -0.39 is 0 Å². The summed E-state index contributed by atoms with van der Waals surface area (Å²) in [6, 6.07) is 6.36. The Hall–Kier alpha value is -3.76. The van der Waals surface area contributed by atoms with Crippen LogP contribution in [0.25, 0.3) is 16.8 Å². The van der Waals surface area contributed by atoms with Crippen molar-refractivity contribution in [2.24, 2.45) is 12.1 Å². The van der Waals surface area contributed by atoms with Crippen LogP contribution in [0.15, 0.2) is 36.0 Å². The predicted octanol–water partition coefficient (Wildman–Crippen LogP) is 1.64. The van der Waals surface area contributed by atoms with Gasteiger partial charge in [-0.3, -0.25) is 14.6 Å². The average molecular weight is 416 g/mol. The molecule has 0 bridgehead atoms. The van der Waals surface area contributed by atoms with E-state index in [0.29, 0.717) is 26.1 Å². The molecule has 1 aliphatic rings. The topological polar surface area (TPSA) is 114 Å². The van der Waals surface area contributed by atoms with Crippen molar-refractivity contribution in [3.63, 3.8) is 0 Å². The molecule has 0 saturated carbocycles. The fraction of sp³-hybridized carbons (Fsp3) is 0.429. The lowest BCUT2D eigenvalue weighted by molar-refractivity contribution is -0.0304. The summed E-state index contributed by atoms with van der Waals surface area (Å²) in [4.78, 5) is 6.90. The molecule has 0 aliphatic carbocycles. The molecule has 31 heavy (non-hydrogen) atoms. The van der Waals surface area contributed by atoms with E-state index >= 15 is 0 Å². The number of aryl methyl sites for hydroxylation is 1. The number of nitrogens with zero attached hydrogens (tertiary/aromatic N) is 10. The van der Waals surface area contributed by atoms with Crippen LogP contribution in [-0.4, -0.2) is 72.7 Å². The Morgan fingerprint density at radius 1 is 1.29 bits per heavy atom. The van der Waals surface area contributed by atoms with E-state index in [-0.39, 0.29) is 11.5 Å². The first-order valence-electron chi connectivity index (χ1n) is 10.0. The van der Waals surface area contributed by atoms with E-state index in [0.717, 1.165) is 22.5 Å². The number of likely N-dealkylation sites (N-methyl/N-ethyl adjacent to an activating group) is 1. The van der Waals surface area contributed by atoms with Crippen molar-refractivity contribution in [2.45, 2.75) is 24.8 Å². The molecule has 1 atom stereocenters. The fourth-order valence-corrected chi connectivity index (χ4v) is 3.95. The second kappa shape index (κ2) is 8.17. The highest BCUT2D eigenvalue weighted by Gasteiger charge is 2.46. The number of hydrogen-bond acceptors (Lipinski definition) is 8. The van der Waals surface area contributed by atoms with E-state index in [2.05, 4.69) is 27.4 Å². The van der Waals surface area contributed by atoms with Crippen LogP contribution in [0.4, 0.5) is 0 Å². The Morgan fingerprint density at radius 2 is 2.10 bits per heavy atom. The molecule has 0 N–H and O–H groups in total. The van der Waals surface area contributed by atoms with E-state index in [4.69, 9.17) is 10.2 Å². The summed E-state index contributed by atoms with van der Waals surface area (Å²) in [5.74, 6) is -0.0762. The molecular formula is C21H24N10. The quantitative estimate of drug-likeness (QED) is 0.327. The molecule has 1 saturated heterocycles. The zero-order valence-corrected chi connectivity index (χ0v) is 17.8. The Morgan fingerprint density at radius 3 is 2.77 bits per heavy atom. The summed E-state index contributed by atoms with van der Waals surface area (Å²) in [7, 11) is 3.76. The lowest BCUT2D eigenvalue weighted by Crippen LogP contribution is -2.67. The number of hydrogen-bond donors (Lipinski definition) is 0. The molecule has 0 amide bonds. The van der Waals surface area contributed by atoms with Crippen LogP contribution >= 0.6 is 0 Å². The molecule has 1 fully saturated rings. The largest absolute Gasteiger partial charge is 0.291 e. The zero-order valence-electron chi connectivity index (χ0n) is 17.8. The maximum atomic E-state index is 9.28. The average Bonchev–Trinajstić information content (AvgIpc) is 3.38. The smallest absolute Gasteiger partial charge is 0.0958 e. The normalized spacial score (nSPS) is 16.7. The number of hydrazone groups is 1. The third-order valence-electron chi connectivity index (χ3n) is 5.74. The third-order valence-corrected chi connectivity index (χ3v) is 5.74. The maximum absolute atomic E-state index is 9.28. The molecule has 4 heterocycles. The van der Waals surface area contributed by atoms with E-state index in [1.807, 2.05) is 60.1 Å². The molecule has 10 heteroatoms. The first kappa shape index (κ1) is 20.5. The van der Waals surface area contributed by atoms with E-state index in [9.17, 15) is 5.26 Å². The highest BCUT2D eigenvalue weighted by molar-refractivity contribution is 5.72. The molecule has 4 rings (SSSR count). The molecule has 0 radical (unpaired) electrons. The van der Waals surface area contributed by atoms with Gasteiger partial charge in [0.05, 0.1) is 66.1 Å². The summed E-state index contributed by atoms with van der Waals surface area (Å²) in [5.41, 5.74) is 3.14. The van der Waals surface area contributed by atoms with Crippen molar-refractivity contribution in [3.8, 4) is 23.4 Å². The lowest BCUT2D eigenvalue weighted by Gasteiger charge is -2.52. The third kappa shape index (κ3) is 3.86. The number of aromatic nitrogens is 5. The first-order valence-corrected chi connectivity index (χ1v) is 10.0. The lowest BCUT2D eigenvalue weighted by atomic mass is 9.86. The minimum atomic E-state index is -0.362. The van der Waals surface area contributed by atoms with Crippen molar-refractivity contribution in [2.75, 3.05) is 26.7 Å². The molecule has 0 spiro atoms. The number of rotatable bonds is 7. The van der Waals surface area contributed by atoms with E-state index in [1.54, 1.807) is 17.1 Å². The molecule has 1 unspecified atom stereocenters. The maximum Gasteiger partial charge on any atom is 0.0958 e. The zero-order chi connectivity index (χ0) is 22.0. The minimum absolute atomic E-state index is 0.0762. The van der Waals surface area contributed by atoms with Crippen LogP contribution in [0, 0.1) is 22.7 Å². The van der Waals surface area contributed by atoms with Crippen molar-refractivity contribution in [1.82, 2.24) is 34.3 Å². The Bertz CT molecular complexity index is 1180. The van der Waals surface area contributed by atoms with Crippen LogP contribution < -0.4 is 0 Å². The van der Waals surface area contributed by atoms with Gasteiger partial charge in [-0.1, -0.05) is 6.92 Å². The Kier molecular flexibility index (Phi) is 5.40. The Balaban J connectivity index is 1.59. The molecule has 0 aromatic carbocycles. The number of nitriles is 2. The molecular weight excluding hydrogens is 392 g/mol. The van der Waals surface area contributed by atoms with Gasteiger partial charge in [-0.25, -0.2) is 9.50 Å². The van der Waals surface area contributed by atoms with Gasteiger partial charge in [-0.2, -0.15) is 25.8 Å². The van der Waals surface area contributed by atoms with Crippen LogP contribution in [0.3, 0.4) is 0 Å². The van der Waals surface area contributed by atoms with Gasteiger partial charge < -0.3 is 0 Å². The van der Waals surface area contributed by atoms with Gasteiger partial charge in [0, 0.05) is 51.1 Å². The molecule has 158 valence electrons. The van der Waals surface area contributed by atoms with Gasteiger partial charge in [0.25, 0.3) is 0 Å². The van der Waals surface area contributed by atoms with Gasteiger partial charge in [-0.15, -0.1) is 0 Å². The van der Waals surface area contributed by atoms with Crippen LogP contribution in [0.5, 0.6) is 0 Å². The summed E-state index contributed by atoms with van der Waals surface area (Å²) >= 11 is 0. The monoisotopic (exact) mass is 416 g/mol. The van der Waals surface area contributed by atoms with Crippen LogP contribution in [0.1, 0.15) is 25.0 Å². The molecule has 3 aromatic heterocycles. The predicted molar refractivity (Wildman–Crippen MR) is 115 cm³/mol. The summed E-state index contributed by atoms with van der Waals surface area (Å²) in [5, 5.41) is 33.3. The van der Waals surface area contributed by atoms with Gasteiger partial charge >= 0.3 is 0 Å². The second-order valence-electron chi connectivity index (χ2n) is 8.01. The van der Waals surface area contributed by atoms with Crippen LogP contribution in [0.2, 0.25) is 0 Å². The fourth-order valence-electron chi connectivity index (χ4n) is 3.95. The molecule has 1 aliphatic heterocycles. The standard InChI is InChI=1S/C21H24N10/c1-16(10-26-29(3)21(5-6-22)14-30(15-21)9-7-23)20-19-4-8-24-31(19)13-18(27-20)17-11-25-28(2)12-17/h4,8,10-13,16H,5,9,14-15H2,1-3H3/b26-10-. The van der Waals surface area contributed by atoms with Crippen molar-refractivity contribution < 1.29 is 0 Å². The minimum Gasteiger partial charge on any atom is -0.291 e. The number of likely N-dealkylation sites (tertiary alicyclic amines) is 1. The number of fused-ring (bicyclic) bond motifs is 1. The van der Waals surface area contributed by atoms with Gasteiger partial charge in [0.1, 0.15) is 0 Å². The van der Waals surface area contributed by atoms with Crippen molar-refractivity contribution in [3.05, 3.63) is 36.5 Å². The molecule has 10 nitrogen and oxygen atoms in total. The second-order valence-corrected chi connectivity index (χ2v) is 8.01. The highest BCUT2D eigenvalue weighted by Crippen LogP contribution is 2.30. The van der Waals surface area contributed by atoms with Crippen LogP contribution in [-0.2, 0) is 7.05 Å².